The maximum absolute atomic E-state index is 2.69. The number of unbranched alkanes of at least 4 members (excludes halogenated alkanes) is 1. The molecule has 2 aliphatic rings. The Morgan fingerprint density at radius 2 is 1.83 bits per heavy atom. The third-order valence-corrected chi connectivity index (χ3v) is 3.63. The molecule has 1 aliphatic heterocycles. The van der Waals surface area contributed by atoms with Crippen molar-refractivity contribution in [3.05, 3.63) is 0 Å². The van der Waals surface area contributed by atoms with E-state index in [9.17, 15) is 0 Å². The number of nitrogens with zero attached hydrogens (tertiary/aromatic N) is 1. The first-order chi connectivity index (χ1) is 5.90. The highest BCUT2D eigenvalue weighted by atomic mass is 15.2. The van der Waals surface area contributed by atoms with Crippen molar-refractivity contribution in [3.63, 3.8) is 0 Å². The van der Waals surface area contributed by atoms with Gasteiger partial charge in [-0.3, -0.25) is 0 Å². The zero-order valence-electron chi connectivity index (χ0n) is 8.26. The first kappa shape index (κ1) is 8.55. The minimum Gasteiger partial charge on any atom is -0.303 e. The minimum atomic E-state index is 1.09. The van der Waals surface area contributed by atoms with Gasteiger partial charge in [-0.2, -0.15) is 0 Å². The van der Waals surface area contributed by atoms with Gasteiger partial charge >= 0.3 is 0 Å². The third kappa shape index (κ3) is 1.66. The van der Waals surface area contributed by atoms with Crippen molar-refractivity contribution < 1.29 is 0 Å². The SMILES string of the molecule is CCCCN1CC2CCCC2C1. The average molecular weight is 167 g/mol. The molecule has 1 nitrogen and oxygen atoms in total. The largest absolute Gasteiger partial charge is 0.303 e. The van der Waals surface area contributed by atoms with Crippen molar-refractivity contribution >= 4 is 0 Å². The molecule has 2 unspecified atom stereocenters. The normalized spacial score (nSPS) is 35.8. The van der Waals surface area contributed by atoms with Gasteiger partial charge in [-0.05, 0) is 37.6 Å². The Kier molecular flexibility index (Phi) is 2.69. The molecule has 2 rings (SSSR count). The number of rotatable bonds is 3. The van der Waals surface area contributed by atoms with Gasteiger partial charge in [-0.25, -0.2) is 0 Å². The first-order valence-electron chi connectivity index (χ1n) is 5.62. The maximum atomic E-state index is 2.69. The first-order valence-corrected chi connectivity index (χ1v) is 5.62. The van der Waals surface area contributed by atoms with E-state index in [2.05, 4.69) is 11.8 Å². The monoisotopic (exact) mass is 167 g/mol. The standard InChI is InChI=1S/C11H21N/c1-2-3-7-12-8-10-5-4-6-11(10)9-12/h10-11H,2-9H2,1H3. The molecule has 0 amide bonds. The van der Waals surface area contributed by atoms with Gasteiger partial charge in [-0.15, -0.1) is 0 Å². The molecule has 0 radical (unpaired) electrons. The Balaban J connectivity index is 1.75. The number of hydrogen-bond donors (Lipinski definition) is 0. The van der Waals surface area contributed by atoms with Crippen LogP contribution in [0.1, 0.15) is 39.0 Å². The zero-order valence-corrected chi connectivity index (χ0v) is 8.26. The topological polar surface area (TPSA) is 3.24 Å². The Labute approximate surface area is 76.1 Å². The summed E-state index contributed by atoms with van der Waals surface area (Å²) in [5.41, 5.74) is 0. The van der Waals surface area contributed by atoms with Crippen molar-refractivity contribution in [1.29, 1.82) is 0 Å². The third-order valence-electron chi connectivity index (χ3n) is 3.63. The molecule has 0 aromatic carbocycles. The van der Waals surface area contributed by atoms with Gasteiger partial charge in [0.25, 0.3) is 0 Å². The molecule has 2 fully saturated rings. The van der Waals surface area contributed by atoms with E-state index in [1.165, 1.54) is 51.7 Å². The molecular weight excluding hydrogens is 146 g/mol. The molecule has 1 aliphatic carbocycles. The summed E-state index contributed by atoms with van der Waals surface area (Å²) < 4.78 is 0. The fraction of sp³-hybridized carbons (Fsp3) is 1.00. The van der Waals surface area contributed by atoms with Crippen LogP contribution in [0.2, 0.25) is 0 Å². The van der Waals surface area contributed by atoms with E-state index < -0.39 is 0 Å². The molecule has 0 aromatic heterocycles. The molecule has 1 saturated carbocycles. The van der Waals surface area contributed by atoms with Crippen LogP contribution in [0, 0.1) is 11.8 Å². The molecule has 0 aromatic rings. The number of hydrogen-bond acceptors (Lipinski definition) is 1. The molecule has 2 atom stereocenters. The van der Waals surface area contributed by atoms with Crippen molar-refractivity contribution in [1.82, 2.24) is 4.90 Å². The predicted octanol–water partition coefficient (Wildman–Crippen LogP) is 2.52. The van der Waals surface area contributed by atoms with Gasteiger partial charge in [0.15, 0.2) is 0 Å². The summed E-state index contributed by atoms with van der Waals surface area (Å²) >= 11 is 0. The molecule has 0 bridgehead atoms. The second-order valence-corrected chi connectivity index (χ2v) is 4.56. The van der Waals surface area contributed by atoms with Crippen LogP contribution in [-0.2, 0) is 0 Å². The van der Waals surface area contributed by atoms with Crippen molar-refractivity contribution in [3.8, 4) is 0 Å². The number of fused-ring (bicyclic) bond motifs is 1. The molecular formula is C11H21N. The van der Waals surface area contributed by atoms with Gasteiger partial charge in [0.2, 0.25) is 0 Å². The van der Waals surface area contributed by atoms with E-state index in [0.717, 1.165) is 11.8 Å². The summed E-state index contributed by atoms with van der Waals surface area (Å²) in [4.78, 5) is 2.69. The van der Waals surface area contributed by atoms with E-state index in [1.807, 2.05) is 0 Å². The molecule has 1 saturated heterocycles. The molecule has 70 valence electrons. The molecule has 12 heavy (non-hydrogen) atoms. The summed E-state index contributed by atoms with van der Waals surface area (Å²) in [5.74, 6) is 2.17. The van der Waals surface area contributed by atoms with Gasteiger partial charge in [-0.1, -0.05) is 19.8 Å². The van der Waals surface area contributed by atoms with Crippen LogP contribution < -0.4 is 0 Å². The predicted molar refractivity (Wildman–Crippen MR) is 52.2 cm³/mol. The fourth-order valence-corrected chi connectivity index (χ4v) is 2.90. The zero-order chi connectivity index (χ0) is 8.39. The highest BCUT2D eigenvalue weighted by Crippen LogP contribution is 2.37. The maximum Gasteiger partial charge on any atom is 0.00129 e. The van der Waals surface area contributed by atoms with E-state index in [-0.39, 0.29) is 0 Å². The lowest BCUT2D eigenvalue weighted by atomic mass is 10.0. The van der Waals surface area contributed by atoms with Crippen LogP contribution in [0.3, 0.4) is 0 Å². The minimum absolute atomic E-state index is 1.09. The summed E-state index contributed by atoms with van der Waals surface area (Å²) in [7, 11) is 0. The van der Waals surface area contributed by atoms with Crippen LogP contribution in [0.4, 0.5) is 0 Å². The van der Waals surface area contributed by atoms with E-state index in [4.69, 9.17) is 0 Å². The summed E-state index contributed by atoms with van der Waals surface area (Å²) in [6, 6.07) is 0. The van der Waals surface area contributed by atoms with Gasteiger partial charge < -0.3 is 4.90 Å². The van der Waals surface area contributed by atoms with Crippen molar-refractivity contribution in [2.75, 3.05) is 19.6 Å². The van der Waals surface area contributed by atoms with Crippen molar-refractivity contribution in [2.45, 2.75) is 39.0 Å². The van der Waals surface area contributed by atoms with E-state index in [0.29, 0.717) is 0 Å². The molecule has 0 spiro atoms. The average Bonchev–Trinajstić information content (AvgIpc) is 2.58. The van der Waals surface area contributed by atoms with E-state index >= 15 is 0 Å². The van der Waals surface area contributed by atoms with Crippen LogP contribution in [0.15, 0.2) is 0 Å². The lowest BCUT2D eigenvalue weighted by Gasteiger charge is -2.15. The Morgan fingerprint density at radius 3 is 2.42 bits per heavy atom. The smallest absolute Gasteiger partial charge is 0.00129 e. The Morgan fingerprint density at radius 1 is 1.17 bits per heavy atom. The quantitative estimate of drug-likeness (QED) is 0.624. The second-order valence-electron chi connectivity index (χ2n) is 4.56. The highest BCUT2D eigenvalue weighted by Gasteiger charge is 2.35. The van der Waals surface area contributed by atoms with Gasteiger partial charge in [0, 0.05) is 13.1 Å². The summed E-state index contributed by atoms with van der Waals surface area (Å²) in [6.07, 6.45) is 7.31. The highest BCUT2D eigenvalue weighted by molar-refractivity contribution is 4.88. The van der Waals surface area contributed by atoms with Crippen molar-refractivity contribution in [2.24, 2.45) is 11.8 Å². The molecule has 1 heteroatoms. The Bertz CT molecular complexity index is 132. The van der Waals surface area contributed by atoms with Gasteiger partial charge in [0.1, 0.15) is 0 Å². The molecule has 1 heterocycles. The van der Waals surface area contributed by atoms with Crippen LogP contribution in [0.25, 0.3) is 0 Å². The van der Waals surface area contributed by atoms with Crippen LogP contribution >= 0.6 is 0 Å². The Hall–Kier alpha value is -0.0400. The fourth-order valence-electron chi connectivity index (χ4n) is 2.90. The second kappa shape index (κ2) is 3.78. The van der Waals surface area contributed by atoms with Gasteiger partial charge in [0.05, 0.1) is 0 Å². The van der Waals surface area contributed by atoms with Crippen LogP contribution in [-0.4, -0.2) is 24.5 Å². The number of likely N-dealkylation sites (tertiary alicyclic amines) is 1. The van der Waals surface area contributed by atoms with E-state index in [1.54, 1.807) is 0 Å². The molecule has 0 N–H and O–H groups in total. The van der Waals surface area contributed by atoms with Crippen LogP contribution in [0.5, 0.6) is 0 Å². The lowest BCUT2D eigenvalue weighted by molar-refractivity contribution is 0.306. The lowest BCUT2D eigenvalue weighted by Crippen LogP contribution is -2.22. The summed E-state index contributed by atoms with van der Waals surface area (Å²) in [5, 5.41) is 0. The summed E-state index contributed by atoms with van der Waals surface area (Å²) in [6.45, 7) is 6.50.